The predicted octanol–water partition coefficient (Wildman–Crippen LogP) is 2.46. The highest BCUT2D eigenvalue weighted by Gasteiger charge is 2.23. The molecule has 1 rings (SSSR count). The molecule has 7 heteroatoms. The summed E-state index contributed by atoms with van der Waals surface area (Å²) in [7, 11) is 3.19. The van der Waals surface area contributed by atoms with Gasteiger partial charge in [0.1, 0.15) is 4.47 Å². The van der Waals surface area contributed by atoms with E-state index in [1.54, 1.807) is 20.2 Å². The summed E-state index contributed by atoms with van der Waals surface area (Å²) in [6.07, 6.45) is 0. The first-order valence-corrected chi connectivity index (χ1v) is 6.38. The summed E-state index contributed by atoms with van der Waals surface area (Å²) in [5.41, 5.74) is 0.137. The number of methoxy groups -OCH3 is 1. The molecule has 104 valence electrons. The largest absolute Gasteiger partial charge is 0.383 e. The van der Waals surface area contributed by atoms with Gasteiger partial charge in [-0.25, -0.2) is 0 Å². The third-order valence-electron chi connectivity index (χ3n) is 2.79. The van der Waals surface area contributed by atoms with Gasteiger partial charge in [-0.3, -0.25) is 14.9 Å². The number of nitro groups is 1. The predicted molar refractivity (Wildman–Crippen MR) is 74.2 cm³/mol. The summed E-state index contributed by atoms with van der Waals surface area (Å²) in [4.78, 5) is 24.1. The van der Waals surface area contributed by atoms with E-state index in [0.717, 1.165) is 0 Å². The number of ether oxygens (including phenoxy) is 1. The van der Waals surface area contributed by atoms with E-state index in [4.69, 9.17) is 4.74 Å². The Morgan fingerprint density at radius 2 is 2.21 bits per heavy atom. The molecule has 0 spiro atoms. The van der Waals surface area contributed by atoms with Crippen LogP contribution in [0, 0.1) is 10.1 Å². The average molecular weight is 331 g/mol. The normalized spacial score (nSPS) is 12.0. The highest BCUT2D eigenvalue weighted by Crippen LogP contribution is 2.29. The van der Waals surface area contributed by atoms with Crippen LogP contribution in [0.4, 0.5) is 5.69 Å². The van der Waals surface area contributed by atoms with Crippen molar-refractivity contribution in [2.45, 2.75) is 13.0 Å². The minimum absolute atomic E-state index is 0.122. The van der Waals surface area contributed by atoms with Crippen LogP contribution in [0.3, 0.4) is 0 Å². The fourth-order valence-corrected chi connectivity index (χ4v) is 2.15. The van der Waals surface area contributed by atoms with Gasteiger partial charge in [0.2, 0.25) is 0 Å². The molecule has 0 aliphatic heterocycles. The number of carbonyl (C=O) groups is 1. The molecule has 6 nitrogen and oxygen atoms in total. The minimum atomic E-state index is -0.528. The molecule has 0 radical (unpaired) electrons. The lowest BCUT2D eigenvalue weighted by Gasteiger charge is -2.24. The first-order chi connectivity index (χ1) is 8.90. The molecule has 0 saturated heterocycles. The summed E-state index contributed by atoms with van der Waals surface area (Å²) >= 11 is 3.12. The Labute approximate surface area is 119 Å². The van der Waals surface area contributed by atoms with Crippen LogP contribution < -0.4 is 0 Å². The third-order valence-corrected chi connectivity index (χ3v) is 3.63. The Morgan fingerprint density at radius 3 is 2.74 bits per heavy atom. The first kappa shape index (κ1) is 15.6. The zero-order valence-corrected chi connectivity index (χ0v) is 12.5. The van der Waals surface area contributed by atoms with Crippen LogP contribution in [-0.4, -0.2) is 42.5 Å². The molecule has 1 aromatic rings. The molecule has 0 aliphatic rings. The number of hydrogen-bond acceptors (Lipinski definition) is 4. The van der Waals surface area contributed by atoms with Crippen LogP contribution in [0.2, 0.25) is 0 Å². The van der Waals surface area contributed by atoms with Crippen molar-refractivity contribution in [3.05, 3.63) is 38.3 Å². The van der Waals surface area contributed by atoms with E-state index in [0.29, 0.717) is 6.61 Å². The van der Waals surface area contributed by atoms with Crippen LogP contribution in [0.1, 0.15) is 17.3 Å². The zero-order chi connectivity index (χ0) is 14.6. The molecule has 1 amide bonds. The van der Waals surface area contributed by atoms with Gasteiger partial charge in [-0.05, 0) is 28.9 Å². The van der Waals surface area contributed by atoms with Gasteiger partial charge >= 0.3 is 0 Å². The molecule has 1 aromatic carbocycles. The van der Waals surface area contributed by atoms with Crippen LogP contribution in [0.5, 0.6) is 0 Å². The van der Waals surface area contributed by atoms with Crippen molar-refractivity contribution in [3.63, 3.8) is 0 Å². The quantitative estimate of drug-likeness (QED) is 0.614. The van der Waals surface area contributed by atoms with Crippen molar-refractivity contribution in [3.8, 4) is 0 Å². The molecule has 1 unspecified atom stereocenters. The second kappa shape index (κ2) is 6.63. The lowest BCUT2D eigenvalue weighted by atomic mass is 10.1. The number of nitrogens with zero attached hydrogens (tertiary/aromatic N) is 2. The van der Waals surface area contributed by atoms with Gasteiger partial charge < -0.3 is 9.64 Å². The van der Waals surface area contributed by atoms with Gasteiger partial charge in [0.25, 0.3) is 11.6 Å². The molecule has 0 saturated carbocycles. The van der Waals surface area contributed by atoms with E-state index < -0.39 is 4.92 Å². The molecule has 0 bridgehead atoms. The SMILES string of the molecule is COCC(C)N(C)C(=O)c1cccc([N+](=O)[O-])c1Br. The fraction of sp³-hybridized carbons (Fsp3) is 0.417. The summed E-state index contributed by atoms with van der Waals surface area (Å²) in [5, 5.41) is 10.8. The van der Waals surface area contributed by atoms with Crippen LogP contribution in [-0.2, 0) is 4.74 Å². The minimum Gasteiger partial charge on any atom is -0.383 e. The Hall–Kier alpha value is -1.47. The van der Waals surface area contributed by atoms with Crippen LogP contribution in [0.15, 0.2) is 22.7 Å². The van der Waals surface area contributed by atoms with Crippen molar-refractivity contribution in [1.29, 1.82) is 0 Å². The maximum absolute atomic E-state index is 12.3. The molecular weight excluding hydrogens is 316 g/mol. The number of halogens is 1. The number of likely N-dealkylation sites (N-methyl/N-ethyl adjacent to an activating group) is 1. The molecule has 0 aliphatic carbocycles. The highest BCUT2D eigenvalue weighted by atomic mass is 79.9. The van der Waals surface area contributed by atoms with E-state index in [1.807, 2.05) is 6.92 Å². The van der Waals surface area contributed by atoms with E-state index in [2.05, 4.69) is 15.9 Å². The van der Waals surface area contributed by atoms with Gasteiger partial charge in [-0.1, -0.05) is 6.07 Å². The first-order valence-electron chi connectivity index (χ1n) is 5.59. The van der Waals surface area contributed by atoms with Gasteiger partial charge in [0, 0.05) is 20.2 Å². The summed E-state index contributed by atoms with van der Waals surface area (Å²) < 4.78 is 5.18. The lowest BCUT2D eigenvalue weighted by molar-refractivity contribution is -0.385. The third kappa shape index (κ3) is 3.51. The van der Waals surface area contributed by atoms with E-state index >= 15 is 0 Å². The van der Waals surface area contributed by atoms with Crippen molar-refractivity contribution in [2.75, 3.05) is 20.8 Å². The lowest BCUT2D eigenvalue weighted by Crippen LogP contribution is -2.38. The summed E-state index contributed by atoms with van der Waals surface area (Å²) in [6, 6.07) is 4.27. The van der Waals surface area contributed by atoms with Gasteiger partial charge in [-0.15, -0.1) is 0 Å². The number of carbonyl (C=O) groups excluding carboxylic acids is 1. The maximum Gasteiger partial charge on any atom is 0.284 e. The Kier molecular flexibility index (Phi) is 5.44. The smallest absolute Gasteiger partial charge is 0.284 e. The Morgan fingerprint density at radius 1 is 1.58 bits per heavy atom. The number of hydrogen-bond donors (Lipinski definition) is 0. The van der Waals surface area contributed by atoms with E-state index in [9.17, 15) is 14.9 Å². The molecule has 19 heavy (non-hydrogen) atoms. The number of rotatable bonds is 5. The second-order valence-corrected chi connectivity index (χ2v) is 4.91. The molecule has 0 fully saturated rings. The number of amides is 1. The molecule has 0 aromatic heterocycles. The molecule has 0 N–H and O–H groups in total. The van der Waals surface area contributed by atoms with Crippen molar-refractivity contribution >= 4 is 27.5 Å². The monoisotopic (exact) mass is 330 g/mol. The van der Waals surface area contributed by atoms with Crippen LogP contribution >= 0.6 is 15.9 Å². The topological polar surface area (TPSA) is 72.7 Å². The standard InChI is InChI=1S/C12H15BrN2O4/c1-8(7-19-3)14(2)12(16)9-5-4-6-10(11(9)13)15(17)18/h4-6,8H,7H2,1-3H3. The number of nitro benzene ring substituents is 1. The summed E-state index contributed by atoms with van der Waals surface area (Å²) in [6.45, 7) is 2.24. The number of benzene rings is 1. The van der Waals surface area contributed by atoms with Crippen LogP contribution in [0.25, 0.3) is 0 Å². The van der Waals surface area contributed by atoms with Crippen molar-refractivity contribution < 1.29 is 14.5 Å². The van der Waals surface area contributed by atoms with E-state index in [-0.39, 0.29) is 27.7 Å². The second-order valence-electron chi connectivity index (χ2n) is 4.12. The van der Waals surface area contributed by atoms with Gasteiger partial charge in [0.15, 0.2) is 0 Å². The molecule has 0 heterocycles. The van der Waals surface area contributed by atoms with Crippen molar-refractivity contribution in [2.24, 2.45) is 0 Å². The molecule has 1 atom stereocenters. The summed E-state index contributed by atoms with van der Waals surface area (Å²) in [5.74, 6) is -0.292. The highest BCUT2D eigenvalue weighted by molar-refractivity contribution is 9.10. The Balaban J connectivity index is 3.06. The fourth-order valence-electron chi connectivity index (χ4n) is 1.57. The average Bonchev–Trinajstić information content (AvgIpc) is 2.37. The zero-order valence-electron chi connectivity index (χ0n) is 10.9. The molecular formula is C12H15BrN2O4. The van der Waals surface area contributed by atoms with Crippen molar-refractivity contribution in [1.82, 2.24) is 4.90 Å². The van der Waals surface area contributed by atoms with Gasteiger partial charge in [-0.2, -0.15) is 0 Å². The maximum atomic E-state index is 12.3. The van der Waals surface area contributed by atoms with E-state index in [1.165, 1.54) is 17.0 Å². The van der Waals surface area contributed by atoms with Gasteiger partial charge in [0.05, 0.1) is 23.1 Å². The Bertz CT molecular complexity index is 493.